The molecule has 0 radical (unpaired) electrons. The van der Waals surface area contributed by atoms with Gasteiger partial charge in [-0.15, -0.1) is 0 Å². The molecule has 1 amide bonds. The SMILES string of the molecule is CCCC[C@H](Br)C(N)=O. The summed E-state index contributed by atoms with van der Waals surface area (Å²) >= 11 is 3.17. The van der Waals surface area contributed by atoms with Gasteiger partial charge >= 0.3 is 0 Å². The molecule has 0 spiro atoms. The average Bonchev–Trinajstić information content (AvgIpc) is 1.82. The number of primary amides is 1. The Morgan fingerprint density at radius 1 is 1.78 bits per heavy atom. The Morgan fingerprint density at radius 3 is 2.67 bits per heavy atom. The summed E-state index contributed by atoms with van der Waals surface area (Å²) in [6.07, 6.45) is 3.01. The molecular weight excluding hydrogens is 182 g/mol. The van der Waals surface area contributed by atoms with Crippen LogP contribution >= 0.6 is 15.9 Å². The first-order valence-electron chi connectivity index (χ1n) is 3.12. The number of amides is 1. The number of rotatable bonds is 4. The quantitative estimate of drug-likeness (QED) is 0.675. The highest BCUT2D eigenvalue weighted by molar-refractivity contribution is 9.10. The predicted molar refractivity (Wildman–Crippen MR) is 41.4 cm³/mol. The molecule has 2 nitrogen and oxygen atoms in total. The van der Waals surface area contributed by atoms with E-state index in [1.165, 1.54) is 0 Å². The molecule has 0 aromatic rings. The van der Waals surface area contributed by atoms with E-state index in [0.717, 1.165) is 19.3 Å². The van der Waals surface area contributed by atoms with Crippen molar-refractivity contribution in [1.29, 1.82) is 0 Å². The van der Waals surface area contributed by atoms with Crippen molar-refractivity contribution in [3.8, 4) is 0 Å². The van der Waals surface area contributed by atoms with Gasteiger partial charge in [0.1, 0.15) is 0 Å². The van der Waals surface area contributed by atoms with E-state index in [1.54, 1.807) is 0 Å². The van der Waals surface area contributed by atoms with Crippen LogP contribution in [0.5, 0.6) is 0 Å². The van der Waals surface area contributed by atoms with Gasteiger partial charge in [0.25, 0.3) is 0 Å². The minimum absolute atomic E-state index is 0.127. The lowest BCUT2D eigenvalue weighted by Crippen LogP contribution is -2.22. The molecule has 0 bridgehead atoms. The summed E-state index contributed by atoms with van der Waals surface area (Å²) in [6.45, 7) is 2.08. The zero-order valence-corrected chi connectivity index (χ0v) is 7.15. The van der Waals surface area contributed by atoms with Crippen molar-refractivity contribution in [2.75, 3.05) is 0 Å². The van der Waals surface area contributed by atoms with E-state index in [-0.39, 0.29) is 10.7 Å². The minimum Gasteiger partial charge on any atom is -0.369 e. The van der Waals surface area contributed by atoms with Crippen molar-refractivity contribution in [2.45, 2.75) is 31.0 Å². The molecule has 0 saturated heterocycles. The fourth-order valence-corrected chi connectivity index (χ4v) is 0.849. The second-order valence-corrected chi connectivity index (χ2v) is 3.12. The van der Waals surface area contributed by atoms with Gasteiger partial charge in [0.05, 0.1) is 4.83 Å². The van der Waals surface area contributed by atoms with Crippen molar-refractivity contribution in [1.82, 2.24) is 0 Å². The Kier molecular flexibility index (Phi) is 4.77. The van der Waals surface area contributed by atoms with Crippen LogP contribution in [0.1, 0.15) is 26.2 Å². The first kappa shape index (κ1) is 8.95. The molecule has 3 heteroatoms. The summed E-state index contributed by atoms with van der Waals surface area (Å²) < 4.78 is 0. The van der Waals surface area contributed by atoms with E-state index in [1.807, 2.05) is 0 Å². The van der Waals surface area contributed by atoms with Gasteiger partial charge in [0.2, 0.25) is 5.91 Å². The molecule has 2 N–H and O–H groups in total. The third kappa shape index (κ3) is 4.45. The molecule has 9 heavy (non-hydrogen) atoms. The van der Waals surface area contributed by atoms with Gasteiger partial charge in [-0.2, -0.15) is 0 Å². The van der Waals surface area contributed by atoms with Gasteiger partial charge in [-0.3, -0.25) is 4.79 Å². The molecule has 0 fully saturated rings. The van der Waals surface area contributed by atoms with Crippen molar-refractivity contribution in [2.24, 2.45) is 5.73 Å². The molecule has 54 valence electrons. The van der Waals surface area contributed by atoms with Crippen molar-refractivity contribution >= 4 is 21.8 Å². The van der Waals surface area contributed by atoms with Crippen LogP contribution in [0.3, 0.4) is 0 Å². The zero-order valence-electron chi connectivity index (χ0n) is 5.56. The van der Waals surface area contributed by atoms with Crippen molar-refractivity contribution in [3.05, 3.63) is 0 Å². The predicted octanol–water partition coefficient (Wildman–Crippen LogP) is 1.43. The van der Waals surface area contributed by atoms with Gasteiger partial charge < -0.3 is 5.73 Å². The number of nitrogens with two attached hydrogens (primary N) is 1. The maximum absolute atomic E-state index is 10.4. The Labute approximate surface area is 63.9 Å². The van der Waals surface area contributed by atoms with Crippen molar-refractivity contribution < 1.29 is 4.79 Å². The third-order valence-electron chi connectivity index (χ3n) is 1.12. The number of unbranched alkanes of at least 4 members (excludes halogenated alkanes) is 1. The highest BCUT2D eigenvalue weighted by atomic mass is 79.9. The largest absolute Gasteiger partial charge is 0.369 e. The van der Waals surface area contributed by atoms with Crippen LogP contribution in [-0.4, -0.2) is 10.7 Å². The van der Waals surface area contributed by atoms with Gasteiger partial charge in [-0.25, -0.2) is 0 Å². The summed E-state index contributed by atoms with van der Waals surface area (Å²) in [7, 11) is 0. The normalized spacial score (nSPS) is 13.1. The fraction of sp³-hybridized carbons (Fsp3) is 0.833. The molecule has 0 rings (SSSR count). The average molecular weight is 194 g/mol. The fourth-order valence-electron chi connectivity index (χ4n) is 0.526. The molecule has 0 aliphatic carbocycles. The number of halogens is 1. The van der Waals surface area contributed by atoms with Crippen LogP contribution in [-0.2, 0) is 4.79 Å². The Bertz CT molecular complexity index is 95.1. The first-order valence-corrected chi connectivity index (χ1v) is 4.03. The molecular formula is C6H12BrNO. The van der Waals surface area contributed by atoms with E-state index in [2.05, 4.69) is 22.9 Å². The number of carbonyl (C=O) groups is 1. The maximum atomic E-state index is 10.4. The van der Waals surface area contributed by atoms with Crippen LogP contribution in [0.25, 0.3) is 0 Å². The molecule has 0 saturated carbocycles. The van der Waals surface area contributed by atoms with Gasteiger partial charge in [0, 0.05) is 0 Å². The number of carbonyl (C=O) groups excluding carboxylic acids is 1. The first-order chi connectivity index (χ1) is 4.18. The van der Waals surface area contributed by atoms with E-state index in [9.17, 15) is 4.79 Å². The summed E-state index contributed by atoms with van der Waals surface area (Å²) in [4.78, 5) is 10.3. The monoisotopic (exact) mass is 193 g/mol. The standard InChI is InChI=1S/C6H12BrNO/c1-2-3-4-5(7)6(8)9/h5H,2-4H2,1H3,(H2,8,9)/t5-/m0/s1. The number of alkyl halides is 1. The number of hydrogen-bond donors (Lipinski definition) is 1. The molecule has 0 aromatic heterocycles. The van der Waals surface area contributed by atoms with Gasteiger partial charge in [0.15, 0.2) is 0 Å². The number of hydrogen-bond acceptors (Lipinski definition) is 1. The Morgan fingerprint density at radius 2 is 2.33 bits per heavy atom. The van der Waals surface area contributed by atoms with Crippen LogP contribution < -0.4 is 5.73 Å². The smallest absolute Gasteiger partial charge is 0.231 e. The zero-order chi connectivity index (χ0) is 7.28. The lowest BCUT2D eigenvalue weighted by atomic mass is 10.2. The van der Waals surface area contributed by atoms with Crippen LogP contribution in [0, 0.1) is 0 Å². The lowest BCUT2D eigenvalue weighted by molar-refractivity contribution is -0.117. The minimum atomic E-state index is -0.261. The third-order valence-corrected chi connectivity index (χ3v) is 2.03. The van der Waals surface area contributed by atoms with Crippen LogP contribution in [0.15, 0.2) is 0 Å². The Hall–Kier alpha value is -0.0500. The second-order valence-electron chi connectivity index (χ2n) is 2.01. The van der Waals surface area contributed by atoms with Gasteiger partial charge in [-0.1, -0.05) is 35.7 Å². The molecule has 0 aromatic carbocycles. The maximum Gasteiger partial charge on any atom is 0.231 e. The van der Waals surface area contributed by atoms with E-state index in [0.29, 0.717) is 0 Å². The molecule has 0 aliphatic rings. The highest BCUT2D eigenvalue weighted by Crippen LogP contribution is 2.08. The summed E-state index contributed by atoms with van der Waals surface area (Å²) in [5.41, 5.74) is 4.99. The van der Waals surface area contributed by atoms with E-state index in [4.69, 9.17) is 5.73 Å². The van der Waals surface area contributed by atoms with Gasteiger partial charge in [-0.05, 0) is 6.42 Å². The van der Waals surface area contributed by atoms with E-state index < -0.39 is 0 Å². The lowest BCUT2D eigenvalue weighted by Gasteiger charge is -2.01. The van der Waals surface area contributed by atoms with Crippen LogP contribution in [0.2, 0.25) is 0 Å². The topological polar surface area (TPSA) is 43.1 Å². The van der Waals surface area contributed by atoms with Crippen LogP contribution in [0.4, 0.5) is 0 Å². The van der Waals surface area contributed by atoms with E-state index >= 15 is 0 Å². The highest BCUT2D eigenvalue weighted by Gasteiger charge is 2.08. The summed E-state index contributed by atoms with van der Waals surface area (Å²) in [5, 5.41) is 0. The second kappa shape index (κ2) is 4.79. The molecule has 0 heterocycles. The summed E-state index contributed by atoms with van der Waals surface area (Å²) in [5.74, 6) is -0.261. The molecule has 1 atom stereocenters. The Balaban J connectivity index is 3.27. The summed E-state index contributed by atoms with van der Waals surface area (Å²) in [6, 6.07) is 0. The molecule has 0 unspecified atom stereocenters. The molecule has 0 aliphatic heterocycles. The van der Waals surface area contributed by atoms with Crippen molar-refractivity contribution in [3.63, 3.8) is 0 Å².